The summed E-state index contributed by atoms with van der Waals surface area (Å²) in [5, 5.41) is 2.85. The number of halogens is 3. The van der Waals surface area contributed by atoms with E-state index in [1.54, 1.807) is 36.4 Å². The minimum absolute atomic E-state index is 0.0126. The first-order valence-electron chi connectivity index (χ1n) is 7.24. The number of anilines is 2. The number of benzene rings is 1. The summed E-state index contributed by atoms with van der Waals surface area (Å²) in [6, 6.07) is 10.8. The third kappa shape index (κ3) is 3.85. The molecular weight excluding hydrogens is 333 g/mol. The van der Waals surface area contributed by atoms with Gasteiger partial charge in [-0.15, -0.1) is 0 Å². The summed E-state index contributed by atoms with van der Waals surface area (Å²) in [6.07, 6.45) is -1.67. The fourth-order valence-corrected chi connectivity index (χ4v) is 2.17. The van der Waals surface area contributed by atoms with E-state index in [9.17, 15) is 13.2 Å². The van der Waals surface area contributed by atoms with Crippen LogP contribution in [-0.4, -0.2) is 22.1 Å². The molecule has 1 aromatic carbocycles. The quantitative estimate of drug-likeness (QED) is 0.763. The molecule has 2 heterocycles. The second-order valence-electron chi connectivity index (χ2n) is 5.02. The Bertz CT molecular complexity index is 869. The molecule has 0 aliphatic carbocycles. The van der Waals surface area contributed by atoms with Gasteiger partial charge in [0, 0.05) is 24.0 Å². The van der Waals surface area contributed by atoms with Gasteiger partial charge < -0.3 is 10.1 Å². The molecule has 0 amide bonds. The van der Waals surface area contributed by atoms with E-state index in [-0.39, 0.29) is 11.6 Å². The molecule has 0 radical (unpaired) electrons. The Labute approximate surface area is 141 Å². The first-order valence-corrected chi connectivity index (χ1v) is 7.24. The normalized spacial score (nSPS) is 11.2. The van der Waals surface area contributed by atoms with Gasteiger partial charge in [-0.3, -0.25) is 4.98 Å². The molecule has 25 heavy (non-hydrogen) atoms. The minimum Gasteiger partial charge on any atom is -0.495 e. The van der Waals surface area contributed by atoms with Crippen LogP contribution in [0.2, 0.25) is 0 Å². The summed E-state index contributed by atoms with van der Waals surface area (Å²) >= 11 is 0. The predicted octanol–water partition coefficient (Wildman–Crippen LogP) is 4.31. The molecule has 0 saturated heterocycles. The molecule has 0 unspecified atom stereocenters. The number of ether oxygens (including phenoxy) is 1. The number of methoxy groups -OCH3 is 1. The SMILES string of the molecule is COc1ccccc1Nc1cc(C(F)(F)F)nc(-c2ccncc2)n1. The molecule has 8 heteroatoms. The standard InChI is InChI=1S/C17H13F3N4O/c1-25-13-5-3-2-4-12(13)22-15-10-14(17(18,19)20)23-16(24-15)11-6-8-21-9-7-11/h2-10H,1H3,(H,22,23,24). The molecule has 1 N–H and O–H groups in total. The van der Waals surface area contributed by atoms with Crippen LogP contribution in [0.3, 0.4) is 0 Å². The highest BCUT2D eigenvalue weighted by molar-refractivity contribution is 5.66. The molecule has 0 fully saturated rings. The van der Waals surface area contributed by atoms with Gasteiger partial charge in [-0.1, -0.05) is 12.1 Å². The Morgan fingerprint density at radius 3 is 2.40 bits per heavy atom. The van der Waals surface area contributed by atoms with Crippen molar-refractivity contribution in [1.82, 2.24) is 15.0 Å². The van der Waals surface area contributed by atoms with Crippen molar-refractivity contribution in [2.24, 2.45) is 0 Å². The van der Waals surface area contributed by atoms with Crippen molar-refractivity contribution in [1.29, 1.82) is 0 Å². The molecule has 0 spiro atoms. The maximum absolute atomic E-state index is 13.2. The Morgan fingerprint density at radius 2 is 1.72 bits per heavy atom. The van der Waals surface area contributed by atoms with Crippen LogP contribution in [0.1, 0.15) is 5.69 Å². The first-order chi connectivity index (χ1) is 12.0. The molecule has 3 aromatic rings. The van der Waals surface area contributed by atoms with Gasteiger partial charge in [0.05, 0.1) is 12.8 Å². The third-order valence-corrected chi connectivity index (χ3v) is 3.32. The number of hydrogen-bond acceptors (Lipinski definition) is 5. The number of hydrogen-bond donors (Lipinski definition) is 1. The highest BCUT2D eigenvalue weighted by Crippen LogP contribution is 2.32. The van der Waals surface area contributed by atoms with Crippen LogP contribution < -0.4 is 10.1 Å². The van der Waals surface area contributed by atoms with Crippen LogP contribution in [0.4, 0.5) is 24.7 Å². The summed E-state index contributed by atoms with van der Waals surface area (Å²) in [6.45, 7) is 0. The Kier molecular flexibility index (Phi) is 4.51. The van der Waals surface area contributed by atoms with Crippen molar-refractivity contribution in [2.45, 2.75) is 6.18 Å². The van der Waals surface area contributed by atoms with Crippen molar-refractivity contribution in [2.75, 3.05) is 12.4 Å². The van der Waals surface area contributed by atoms with Crippen LogP contribution in [0.5, 0.6) is 5.75 Å². The highest BCUT2D eigenvalue weighted by atomic mass is 19.4. The zero-order valence-corrected chi connectivity index (χ0v) is 13.1. The van der Waals surface area contributed by atoms with Gasteiger partial charge >= 0.3 is 6.18 Å². The van der Waals surface area contributed by atoms with Crippen LogP contribution in [0.25, 0.3) is 11.4 Å². The van der Waals surface area contributed by atoms with Gasteiger partial charge in [-0.25, -0.2) is 9.97 Å². The lowest BCUT2D eigenvalue weighted by molar-refractivity contribution is -0.141. The van der Waals surface area contributed by atoms with Gasteiger partial charge in [-0.2, -0.15) is 13.2 Å². The molecule has 0 atom stereocenters. The Balaban J connectivity index is 2.07. The lowest BCUT2D eigenvalue weighted by atomic mass is 10.2. The number of aromatic nitrogens is 3. The molecule has 128 valence electrons. The number of rotatable bonds is 4. The number of alkyl halides is 3. The first kappa shape index (κ1) is 16.7. The lowest BCUT2D eigenvalue weighted by Crippen LogP contribution is -2.11. The fourth-order valence-electron chi connectivity index (χ4n) is 2.17. The summed E-state index contributed by atoms with van der Waals surface area (Å²) in [5.41, 5.74) is -0.103. The molecule has 2 aromatic heterocycles. The van der Waals surface area contributed by atoms with Crippen molar-refractivity contribution >= 4 is 11.5 Å². The summed E-state index contributed by atoms with van der Waals surface area (Å²) < 4.78 is 44.8. The number of nitrogens with zero attached hydrogens (tertiary/aromatic N) is 3. The smallest absolute Gasteiger partial charge is 0.433 e. The molecule has 0 aliphatic rings. The predicted molar refractivity (Wildman–Crippen MR) is 86.5 cm³/mol. The number of nitrogens with one attached hydrogen (secondary N) is 1. The summed E-state index contributed by atoms with van der Waals surface area (Å²) in [5.74, 6) is 0.452. The Morgan fingerprint density at radius 1 is 1.00 bits per heavy atom. The van der Waals surface area contributed by atoms with Gasteiger partial charge in [0.1, 0.15) is 11.6 Å². The van der Waals surface area contributed by atoms with Crippen LogP contribution in [0.15, 0.2) is 54.9 Å². The van der Waals surface area contributed by atoms with E-state index in [4.69, 9.17) is 4.74 Å². The monoisotopic (exact) mass is 346 g/mol. The number of pyridine rings is 1. The number of para-hydroxylation sites is 2. The van der Waals surface area contributed by atoms with Gasteiger partial charge in [0.15, 0.2) is 11.5 Å². The summed E-state index contributed by atoms with van der Waals surface area (Å²) in [4.78, 5) is 11.7. The van der Waals surface area contributed by atoms with Crippen molar-refractivity contribution in [3.63, 3.8) is 0 Å². The zero-order valence-electron chi connectivity index (χ0n) is 13.1. The zero-order chi connectivity index (χ0) is 17.9. The average Bonchev–Trinajstić information content (AvgIpc) is 2.62. The maximum Gasteiger partial charge on any atom is 0.433 e. The average molecular weight is 346 g/mol. The highest BCUT2D eigenvalue weighted by Gasteiger charge is 2.34. The van der Waals surface area contributed by atoms with E-state index < -0.39 is 11.9 Å². The Hall–Kier alpha value is -3.16. The lowest BCUT2D eigenvalue weighted by Gasteiger charge is -2.13. The van der Waals surface area contributed by atoms with Crippen molar-refractivity contribution < 1.29 is 17.9 Å². The fraction of sp³-hybridized carbons (Fsp3) is 0.118. The molecule has 5 nitrogen and oxygen atoms in total. The molecular formula is C17H13F3N4O. The van der Waals surface area contributed by atoms with E-state index in [1.165, 1.54) is 19.5 Å². The van der Waals surface area contributed by atoms with E-state index in [2.05, 4.69) is 20.3 Å². The van der Waals surface area contributed by atoms with Gasteiger partial charge in [0.25, 0.3) is 0 Å². The van der Waals surface area contributed by atoms with Gasteiger partial charge in [-0.05, 0) is 24.3 Å². The minimum atomic E-state index is -4.60. The maximum atomic E-state index is 13.2. The van der Waals surface area contributed by atoms with Crippen LogP contribution in [-0.2, 0) is 6.18 Å². The second-order valence-corrected chi connectivity index (χ2v) is 5.02. The molecule has 3 rings (SSSR count). The topological polar surface area (TPSA) is 59.9 Å². The molecule has 0 saturated carbocycles. The second kappa shape index (κ2) is 6.76. The van der Waals surface area contributed by atoms with E-state index in [1.807, 2.05) is 0 Å². The van der Waals surface area contributed by atoms with E-state index in [0.717, 1.165) is 6.07 Å². The summed E-state index contributed by atoms with van der Waals surface area (Å²) in [7, 11) is 1.48. The van der Waals surface area contributed by atoms with E-state index in [0.29, 0.717) is 17.0 Å². The van der Waals surface area contributed by atoms with E-state index >= 15 is 0 Å². The third-order valence-electron chi connectivity index (χ3n) is 3.32. The van der Waals surface area contributed by atoms with Gasteiger partial charge in [0.2, 0.25) is 0 Å². The molecule has 0 bridgehead atoms. The molecule has 0 aliphatic heterocycles. The van der Waals surface area contributed by atoms with Crippen molar-refractivity contribution in [3.05, 3.63) is 60.6 Å². The van der Waals surface area contributed by atoms with Crippen LogP contribution in [0, 0.1) is 0 Å². The largest absolute Gasteiger partial charge is 0.495 e. The van der Waals surface area contributed by atoms with Crippen molar-refractivity contribution in [3.8, 4) is 17.1 Å². The van der Waals surface area contributed by atoms with Crippen LogP contribution >= 0.6 is 0 Å².